The van der Waals surface area contributed by atoms with Gasteiger partial charge in [0.15, 0.2) is 0 Å². The van der Waals surface area contributed by atoms with Crippen LogP contribution in [0.3, 0.4) is 0 Å². The number of rotatable bonds is 5. The summed E-state index contributed by atoms with van der Waals surface area (Å²) in [7, 11) is 0. The predicted octanol–water partition coefficient (Wildman–Crippen LogP) is 3.97. The summed E-state index contributed by atoms with van der Waals surface area (Å²) in [5.74, 6) is -0.709. The van der Waals surface area contributed by atoms with Gasteiger partial charge in [-0.2, -0.15) is 5.10 Å². The lowest BCUT2D eigenvalue weighted by Gasteiger charge is -2.08. The Hall–Kier alpha value is -2.64. The van der Waals surface area contributed by atoms with Crippen molar-refractivity contribution in [1.82, 2.24) is 15.1 Å². The van der Waals surface area contributed by atoms with Gasteiger partial charge in [0.1, 0.15) is 0 Å². The lowest BCUT2D eigenvalue weighted by atomic mass is 10.2. The summed E-state index contributed by atoms with van der Waals surface area (Å²) >= 11 is 9.54. The Bertz CT molecular complexity index is 1000. The van der Waals surface area contributed by atoms with Crippen molar-refractivity contribution >= 4 is 45.0 Å². The second kappa shape index (κ2) is 8.37. The molecule has 3 aromatic rings. The number of aryl methyl sites for hydroxylation is 1. The van der Waals surface area contributed by atoms with Crippen LogP contribution in [0.5, 0.6) is 0 Å². The van der Waals surface area contributed by atoms with E-state index in [0.29, 0.717) is 22.0 Å². The van der Waals surface area contributed by atoms with E-state index in [0.717, 1.165) is 10.0 Å². The van der Waals surface area contributed by atoms with Gasteiger partial charge >= 0.3 is 0 Å². The molecule has 0 fully saturated rings. The zero-order valence-corrected chi connectivity index (χ0v) is 16.7. The summed E-state index contributed by atoms with van der Waals surface area (Å²) < 4.78 is 2.48. The Balaban J connectivity index is 1.58. The first-order valence-corrected chi connectivity index (χ1v) is 9.25. The number of hydrogen-bond donors (Lipinski definition) is 2. The van der Waals surface area contributed by atoms with E-state index < -0.39 is 5.91 Å². The number of hydrogen-bond acceptors (Lipinski definition) is 3. The molecule has 0 saturated heterocycles. The van der Waals surface area contributed by atoms with E-state index in [-0.39, 0.29) is 12.5 Å². The summed E-state index contributed by atoms with van der Waals surface area (Å²) in [4.78, 5) is 24.3. The lowest BCUT2D eigenvalue weighted by molar-refractivity contribution is -0.115. The maximum Gasteiger partial charge on any atom is 0.254 e. The number of carbonyl (C=O) groups excluding carboxylic acids is 2. The van der Waals surface area contributed by atoms with Crippen molar-refractivity contribution in [2.24, 2.45) is 0 Å². The molecule has 0 aliphatic rings. The number of benzene rings is 2. The molecule has 0 bridgehead atoms. The first kappa shape index (κ1) is 19.1. The van der Waals surface area contributed by atoms with E-state index in [2.05, 4.69) is 31.7 Å². The number of halogens is 2. The topological polar surface area (TPSA) is 76.0 Å². The Morgan fingerprint density at radius 3 is 2.74 bits per heavy atom. The first-order valence-electron chi connectivity index (χ1n) is 8.08. The van der Waals surface area contributed by atoms with Crippen LogP contribution in [-0.2, 0) is 4.79 Å². The van der Waals surface area contributed by atoms with Gasteiger partial charge in [-0.05, 0) is 42.8 Å². The number of nitrogens with zero attached hydrogens (tertiary/aromatic N) is 2. The van der Waals surface area contributed by atoms with Crippen molar-refractivity contribution in [3.05, 3.63) is 75.5 Å². The van der Waals surface area contributed by atoms with Gasteiger partial charge in [-0.25, -0.2) is 4.68 Å². The molecule has 1 heterocycles. The minimum absolute atomic E-state index is 0.148. The maximum absolute atomic E-state index is 12.2. The van der Waals surface area contributed by atoms with Crippen LogP contribution in [0.2, 0.25) is 5.02 Å². The Morgan fingerprint density at radius 1 is 1.22 bits per heavy atom. The number of aromatic nitrogens is 2. The molecule has 3 rings (SSSR count). The highest BCUT2D eigenvalue weighted by molar-refractivity contribution is 9.10. The monoisotopic (exact) mass is 446 g/mol. The normalized spacial score (nSPS) is 10.5. The summed E-state index contributed by atoms with van der Waals surface area (Å²) in [5.41, 5.74) is 2.68. The molecule has 0 unspecified atom stereocenters. The van der Waals surface area contributed by atoms with E-state index in [1.165, 1.54) is 10.9 Å². The van der Waals surface area contributed by atoms with Gasteiger partial charge in [0.2, 0.25) is 5.91 Å². The molecule has 27 heavy (non-hydrogen) atoms. The van der Waals surface area contributed by atoms with Crippen molar-refractivity contribution in [1.29, 1.82) is 0 Å². The van der Waals surface area contributed by atoms with E-state index in [9.17, 15) is 9.59 Å². The number of para-hydroxylation sites is 1. The first-order chi connectivity index (χ1) is 12.9. The molecular formula is C19H16BrClN4O2. The predicted molar refractivity (Wildman–Crippen MR) is 108 cm³/mol. The van der Waals surface area contributed by atoms with Crippen LogP contribution in [0, 0.1) is 6.92 Å². The minimum atomic E-state index is -0.393. The molecule has 2 N–H and O–H groups in total. The van der Waals surface area contributed by atoms with Gasteiger partial charge < -0.3 is 10.6 Å². The molecule has 2 amide bonds. The molecule has 138 valence electrons. The lowest BCUT2D eigenvalue weighted by Crippen LogP contribution is -2.32. The molecule has 0 aliphatic heterocycles. The summed E-state index contributed by atoms with van der Waals surface area (Å²) in [6.07, 6.45) is 2.99. The molecule has 0 saturated carbocycles. The van der Waals surface area contributed by atoms with Crippen molar-refractivity contribution in [2.75, 3.05) is 11.9 Å². The molecule has 6 nitrogen and oxygen atoms in total. The standard InChI is InChI=1S/C19H16BrClN4O2/c1-12-8-14(6-7-15(12)20)24-18(26)10-22-19(27)13-9-23-25(11-13)17-5-3-2-4-16(17)21/h2-9,11H,10H2,1H3,(H,22,27)(H,24,26). The molecule has 0 radical (unpaired) electrons. The van der Waals surface area contributed by atoms with Gasteiger partial charge in [0.05, 0.1) is 29.0 Å². The van der Waals surface area contributed by atoms with Crippen molar-refractivity contribution in [3.63, 3.8) is 0 Å². The van der Waals surface area contributed by atoms with Crippen molar-refractivity contribution < 1.29 is 9.59 Å². The highest BCUT2D eigenvalue weighted by atomic mass is 79.9. The highest BCUT2D eigenvalue weighted by Crippen LogP contribution is 2.20. The summed E-state index contributed by atoms with van der Waals surface area (Å²) in [6.45, 7) is 1.78. The number of anilines is 1. The van der Waals surface area contributed by atoms with Gasteiger partial charge in [-0.3, -0.25) is 9.59 Å². The van der Waals surface area contributed by atoms with Gasteiger partial charge in [-0.1, -0.05) is 39.7 Å². The highest BCUT2D eigenvalue weighted by Gasteiger charge is 2.12. The van der Waals surface area contributed by atoms with Gasteiger partial charge in [-0.15, -0.1) is 0 Å². The van der Waals surface area contributed by atoms with Crippen molar-refractivity contribution in [2.45, 2.75) is 6.92 Å². The second-order valence-electron chi connectivity index (χ2n) is 5.82. The smallest absolute Gasteiger partial charge is 0.254 e. The molecule has 2 aromatic carbocycles. The molecule has 1 aromatic heterocycles. The van der Waals surface area contributed by atoms with E-state index in [1.54, 1.807) is 24.4 Å². The Kier molecular flexibility index (Phi) is 5.93. The third-order valence-corrected chi connectivity index (χ3v) is 5.00. The third kappa shape index (κ3) is 4.75. The second-order valence-corrected chi connectivity index (χ2v) is 7.08. The van der Waals surface area contributed by atoms with Crippen LogP contribution in [0.1, 0.15) is 15.9 Å². The van der Waals surface area contributed by atoms with E-state index in [1.807, 2.05) is 31.2 Å². The maximum atomic E-state index is 12.2. The zero-order valence-electron chi connectivity index (χ0n) is 14.4. The fraction of sp³-hybridized carbons (Fsp3) is 0.105. The zero-order chi connectivity index (χ0) is 19.4. The van der Waals surface area contributed by atoms with Crippen LogP contribution < -0.4 is 10.6 Å². The average Bonchev–Trinajstić information content (AvgIpc) is 3.13. The van der Waals surface area contributed by atoms with Crippen LogP contribution >= 0.6 is 27.5 Å². The summed E-state index contributed by atoms with van der Waals surface area (Å²) in [5, 5.41) is 9.99. The number of amides is 2. The van der Waals surface area contributed by atoms with Crippen LogP contribution in [0.4, 0.5) is 5.69 Å². The van der Waals surface area contributed by atoms with E-state index in [4.69, 9.17) is 11.6 Å². The molecule has 0 aliphatic carbocycles. The molecule has 8 heteroatoms. The summed E-state index contributed by atoms with van der Waals surface area (Å²) in [6, 6.07) is 12.7. The fourth-order valence-corrected chi connectivity index (χ4v) is 2.87. The van der Waals surface area contributed by atoms with Crippen LogP contribution in [-0.4, -0.2) is 28.1 Å². The SMILES string of the molecule is Cc1cc(NC(=O)CNC(=O)c2cnn(-c3ccccc3Cl)c2)ccc1Br. The Labute approximate surface area is 169 Å². The van der Waals surface area contributed by atoms with Crippen LogP contribution in [0.15, 0.2) is 59.3 Å². The quantitative estimate of drug-likeness (QED) is 0.621. The van der Waals surface area contributed by atoms with Crippen LogP contribution in [0.25, 0.3) is 5.69 Å². The molecule has 0 spiro atoms. The largest absolute Gasteiger partial charge is 0.343 e. The van der Waals surface area contributed by atoms with Gasteiger partial charge in [0.25, 0.3) is 5.91 Å². The molecular weight excluding hydrogens is 432 g/mol. The number of nitrogens with one attached hydrogen (secondary N) is 2. The van der Waals surface area contributed by atoms with E-state index >= 15 is 0 Å². The Morgan fingerprint density at radius 2 is 2.00 bits per heavy atom. The molecule has 0 atom stereocenters. The average molecular weight is 448 g/mol. The third-order valence-electron chi connectivity index (χ3n) is 3.80. The fourth-order valence-electron chi connectivity index (χ4n) is 2.40. The minimum Gasteiger partial charge on any atom is -0.343 e. The van der Waals surface area contributed by atoms with Gasteiger partial charge in [0, 0.05) is 16.4 Å². The van der Waals surface area contributed by atoms with Crippen molar-refractivity contribution in [3.8, 4) is 5.69 Å². The number of carbonyl (C=O) groups is 2.